The van der Waals surface area contributed by atoms with E-state index in [-0.39, 0.29) is 51.4 Å². The van der Waals surface area contributed by atoms with Crippen LogP contribution in [-0.4, -0.2) is 17.7 Å². The number of carbonyl (C=O) groups is 3. The summed E-state index contributed by atoms with van der Waals surface area (Å²) in [5.41, 5.74) is 0. The van der Waals surface area contributed by atoms with Gasteiger partial charge in [-0.2, -0.15) is 0 Å². The molecule has 0 fully saturated rings. The van der Waals surface area contributed by atoms with Gasteiger partial charge >= 0.3 is 51.4 Å². The molecule has 0 aliphatic rings. The average molecular weight is 183 g/mol. The first-order chi connectivity index (χ1) is 4.54. The molecule has 0 spiro atoms. The van der Waals surface area contributed by atoms with Gasteiger partial charge in [0.1, 0.15) is 5.97 Å². The quantitative estimate of drug-likeness (QED) is 0.319. The Morgan fingerprint density at radius 3 is 1.73 bits per heavy atom. The van der Waals surface area contributed by atoms with Gasteiger partial charge in [-0.3, -0.25) is 4.79 Å². The molecule has 0 aliphatic carbocycles. The summed E-state index contributed by atoms with van der Waals surface area (Å²) in [5.74, 6) is -4.53. The van der Waals surface area contributed by atoms with E-state index in [4.69, 9.17) is 0 Å². The van der Waals surface area contributed by atoms with Crippen LogP contribution in [0.3, 0.4) is 0 Å². The van der Waals surface area contributed by atoms with Crippen molar-refractivity contribution in [1.82, 2.24) is 0 Å². The maximum atomic E-state index is 10.1. The molecule has 0 aromatic rings. The third-order valence-corrected chi connectivity index (χ3v) is 0.784. The number of hydrogen-bond acceptors (Lipinski definition) is 5. The van der Waals surface area contributed by atoms with Crippen LogP contribution in [-0.2, 0) is 14.4 Å². The van der Waals surface area contributed by atoms with Crippen LogP contribution in [0.5, 0.6) is 0 Å². The molecule has 0 aromatic heterocycles. The minimum absolute atomic E-state index is 0. The van der Waals surface area contributed by atoms with E-state index >= 15 is 0 Å². The number of carboxylic acid groups (broad SMARTS) is 2. The first-order valence-electron chi connectivity index (χ1n) is 2.48. The number of aliphatic carboxylic acids is 2. The minimum atomic E-state index is -1.86. The molecule has 0 atom stereocenters. The molecule has 0 unspecified atom stereocenters. The Labute approximate surface area is 105 Å². The minimum Gasteiger partial charge on any atom is -0.550 e. The Balaban J connectivity index is 0. The summed E-state index contributed by atoms with van der Waals surface area (Å²) in [4.78, 5) is 29.4. The molecule has 6 heteroatoms. The smallest absolute Gasteiger partial charge is 0.550 e. The van der Waals surface area contributed by atoms with Crippen LogP contribution < -0.4 is 61.6 Å². The van der Waals surface area contributed by atoms with Gasteiger partial charge in [0.25, 0.3) is 0 Å². The van der Waals surface area contributed by atoms with Crippen LogP contribution in [0.15, 0.2) is 0 Å². The van der Waals surface area contributed by atoms with Crippen molar-refractivity contribution in [3.8, 4) is 0 Å². The van der Waals surface area contributed by atoms with Gasteiger partial charge in [0.05, 0.1) is 0 Å². The number of hydrogen-bond donors (Lipinski definition) is 0. The molecule has 11 heavy (non-hydrogen) atoms. The Hall–Kier alpha value is 0.246. The van der Waals surface area contributed by atoms with Crippen LogP contribution in [0.4, 0.5) is 0 Å². The van der Waals surface area contributed by atoms with Crippen molar-refractivity contribution in [2.75, 3.05) is 0 Å². The average Bonchev–Trinajstić information content (AvgIpc) is 1.82. The summed E-state index contributed by atoms with van der Waals surface area (Å²) < 4.78 is 0. The van der Waals surface area contributed by atoms with E-state index in [0.717, 1.165) is 0 Å². The molecule has 0 heterocycles. The molecular weight excluding hydrogens is 179 g/mol. The van der Waals surface area contributed by atoms with E-state index in [1.807, 2.05) is 0 Å². The van der Waals surface area contributed by atoms with Gasteiger partial charge in [0, 0.05) is 12.4 Å². The zero-order valence-corrected chi connectivity index (χ0v) is 9.08. The molecule has 0 bridgehead atoms. The third-order valence-electron chi connectivity index (χ3n) is 0.784. The van der Waals surface area contributed by atoms with E-state index in [0.29, 0.717) is 0 Å². The maximum absolute atomic E-state index is 10.1. The fraction of sp³-hybridized carbons (Fsp3) is 0.400. The van der Waals surface area contributed by atoms with Gasteiger partial charge < -0.3 is 19.8 Å². The van der Waals surface area contributed by atoms with Crippen molar-refractivity contribution in [1.29, 1.82) is 0 Å². The van der Waals surface area contributed by atoms with Crippen LogP contribution in [0, 0.1) is 0 Å². The van der Waals surface area contributed by atoms with Crippen molar-refractivity contribution in [3.63, 3.8) is 0 Å². The SMILES string of the molecule is O=C([O-])CCC(=O)C(=O)[O-].[K+]. The van der Waals surface area contributed by atoms with Gasteiger partial charge in [-0.25, -0.2) is 0 Å². The zero-order chi connectivity index (χ0) is 8.15. The molecule has 0 aliphatic heterocycles. The number of rotatable bonds is 4. The summed E-state index contributed by atoms with van der Waals surface area (Å²) in [7, 11) is 0. The van der Waals surface area contributed by atoms with Crippen LogP contribution >= 0.6 is 0 Å². The monoisotopic (exact) mass is 183 g/mol. The third kappa shape index (κ3) is 8.15. The molecule has 0 saturated carbocycles. The van der Waals surface area contributed by atoms with Crippen LogP contribution in [0.2, 0.25) is 0 Å². The van der Waals surface area contributed by atoms with E-state index in [2.05, 4.69) is 0 Å². The molecular formula is C5H4KO5-. The number of ketones is 1. The van der Waals surface area contributed by atoms with Crippen molar-refractivity contribution in [2.45, 2.75) is 12.8 Å². The zero-order valence-electron chi connectivity index (χ0n) is 5.96. The number of carbonyl (C=O) groups excluding carboxylic acids is 3. The predicted octanol–water partition coefficient (Wildman–Crippen LogP) is -6.16. The predicted molar refractivity (Wildman–Crippen MR) is 24.3 cm³/mol. The normalized spacial score (nSPS) is 8.00. The van der Waals surface area contributed by atoms with Gasteiger partial charge in [-0.15, -0.1) is 0 Å². The molecule has 0 N–H and O–H groups in total. The Morgan fingerprint density at radius 1 is 1.00 bits per heavy atom. The second-order valence-corrected chi connectivity index (χ2v) is 1.58. The second kappa shape index (κ2) is 6.93. The molecule has 0 radical (unpaired) electrons. The second-order valence-electron chi connectivity index (χ2n) is 1.58. The number of Topliss-reactive ketones (excluding diaryl/α,β-unsaturated/α-hetero) is 1. The van der Waals surface area contributed by atoms with Crippen molar-refractivity contribution >= 4 is 17.7 Å². The van der Waals surface area contributed by atoms with E-state index in [1.54, 1.807) is 0 Å². The van der Waals surface area contributed by atoms with Crippen LogP contribution in [0.1, 0.15) is 12.8 Å². The van der Waals surface area contributed by atoms with Crippen molar-refractivity contribution in [2.24, 2.45) is 0 Å². The fourth-order valence-corrected chi connectivity index (χ4v) is 0.318. The first-order valence-corrected chi connectivity index (χ1v) is 2.48. The van der Waals surface area contributed by atoms with Gasteiger partial charge in [0.2, 0.25) is 0 Å². The molecule has 0 aromatic carbocycles. The van der Waals surface area contributed by atoms with E-state index < -0.39 is 30.6 Å². The van der Waals surface area contributed by atoms with Crippen LogP contribution in [0.25, 0.3) is 0 Å². The van der Waals surface area contributed by atoms with Gasteiger partial charge in [-0.1, -0.05) is 0 Å². The number of carboxylic acids is 2. The summed E-state index contributed by atoms with van der Waals surface area (Å²) in [5, 5.41) is 19.3. The van der Waals surface area contributed by atoms with E-state index in [9.17, 15) is 24.6 Å². The van der Waals surface area contributed by atoms with Gasteiger partial charge in [0.15, 0.2) is 5.78 Å². The topological polar surface area (TPSA) is 97.3 Å². The van der Waals surface area contributed by atoms with Gasteiger partial charge in [-0.05, 0) is 6.42 Å². The van der Waals surface area contributed by atoms with E-state index in [1.165, 1.54) is 0 Å². The molecule has 0 saturated heterocycles. The summed E-state index contributed by atoms with van der Waals surface area (Å²) >= 11 is 0. The maximum Gasteiger partial charge on any atom is 1.00 e. The summed E-state index contributed by atoms with van der Waals surface area (Å²) in [6.07, 6.45) is -1.14. The summed E-state index contributed by atoms with van der Waals surface area (Å²) in [6.45, 7) is 0. The molecule has 0 amide bonds. The largest absolute Gasteiger partial charge is 1.00 e. The molecule has 5 nitrogen and oxygen atoms in total. The van der Waals surface area contributed by atoms with Crippen molar-refractivity contribution in [3.05, 3.63) is 0 Å². The molecule has 56 valence electrons. The standard InChI is InChI=1S/C5H6O5.K/c6-3(5(9)10)1-2-4(7)8;/h1-2H2,(H,7,8)(H,9,10);/q;+1/p-2. The Morgan fingerprint density at radius 2 is 1.45 bits per heavy atom. The van der Waals surface area contributed by atoms with Crippen molar-refractivity contribution < 1.29 is 76.0 Å². The Bertz CT molecular complexity index is 176. The Kier molecular flexibility index (Phi) is 8.70. The fourth-order valence-electron chi connectivity index (χ4n) is 0.318. The summed E-state index contributed by atoms with van der Waals surface area (Å²) in [6, 6.07) is 0. The first kappa shape index (κ1) is 13.8. The molecule has 0 rings (SSSR count).